The van der Waals surface area contributed by atoms with Gasteiger partial charge in [0.05, 0.1) is 0 Å². The van der Waals surface area contributed by atoms with E-state index in [-0.39, 0.29) is 11.6 Å². The van der Waals surface area contributed by atoms with Gasteiger partial charge < -0.3 is 0 Å². The predicted octanol–water partition coefficient (Wildman–Crippen LogP) is 2.40. The molecule has 0 aliphatic carbocycles. The van der Waals surface area contributed by atoms with Gasteiger partial charge in [-0.1, -0.05) is 37.3 Å². The summed E-state index contributed by atoms with van der Waals surface area (Å²) in [5.74, 6) is -0.165. The fourth-order valence-electron chi connectivity index (χ4n) is 0.985. The first-order chi connectivity index (χ1) is 6.74. The molecule has 2 heteroatoms. The van der Waals surface area contributed by atoms with E-state index in [0.29, 0.717) is 12.0 Å². The van der Waals surface area contributed by atoms with Crippen LogP contribution in [0.2, 0.25) is 0 Å². The lowest BCUT2D eigenvalue weighted by atomic mass is 10.1. The lowest BCUT2D eigenvalue weighted by Crippen LogP contribution is -1.95. The molecule has 0 saturated heterocycles. The molecule has 0 fully saturated rings. The number of hydrogen-bond donors (Lipinski definition) is 0. The van der Waals surface area contributed by atoms with E-state index in [2.05, 4.69) is 0 Å². The Bertz CT molecular complexity index is 350. The van der Waals surface area contributed by atoms with Crippen LogP contribution in [0, 0.1) is 0 Å². The lowest BCUT2D eigenvalue weighted by molar-refractivity contribution is -0.114. The van der Waals surface area contributed by atoms with Gasteiger partial charge in [-0.2, -0.15) is 0 Å². The monoisotopic (exact) mass is 188 g/mol. The Morgan fingerprint density at radius 2 is 1.79 bits per heavy atom. The first-order valence-electron chi connectivity index (χ1n) is 4.54. The zero-order valence-electron chi connectivity index (χ0n) is 8.07. The molecule has 0 saturated carbocycles. The van der Waals surface area contributed by atoms with Crippen LogP contribution in [0.1, 0.15) is 23.7 Å². The number of rotatable bonds is 4. The van der Waals surface area contributed by atoms with Crippen molar-refractivity contribution >= 4 is 11.6 Å². The van der Waals surface area contributed by atoms with Crippen molar-refractivity contribution in [3.63, 3.8) is 0 Å². The summed E-state index contributed by atoms with van der Waals surface area (Å²) in [5.41, 5.74) is 0.604. The maximum absolute atomic E-state index is 11.4. The molecule has 0 heterocycles. The molecule has 0 radical (unpaired) electrons. The third-order valence-corrected chi connectivity index (χ3v) is 1.83. The highest BCUT2D eigenvalue weighted by molar-refractivity contribution is 6.07. The second kappa shape index (κ2) is 5.12. The summed E-state index contributed by atoms with van der Waals surface area (Å²) in [5, 5.41) is 0. The lowest BCUT2D eigenvalue weighted by Gasteiger charge is -1.92. The van der Waals surface area contributed by atoms with E-state index < -0.39 is 0 Å². The van der Waals surface area contributed by atoms with Gasteiger partial charge in [0.2, 0.25) is 0 Å². The number of ketones is 2. The first-order valence-corrected chi connectivity index (χ1v) is 4.54. The second-order valence-corrected chi connectivity index (χ2v) is 2.88. The summed E-state index contributed by atoms with van der Waals surface area (Å²) in [6, 6.07) is 8.88. The average molecular weight is 188 g/mol. The Kier molecular flexibility index (Phi) is 3.80. The van der Waals surface area contributed by atoms with E-state index in [0.717, 1.165) is 0 Å². The van der Waals surface area contributed by atoms with E-state index in [1.807, 2.05) is 6.07 Å². The van der Waals surface area contributed by atoms with Crippen LogP contribution in [0.25, 0.3) is 0 Å². The summed E-state index contributed by atoms with van der Waals surface area (Å²) in [4.78, 5) is 22.3. The number of allylic oxidation sites excluding steroid dienone is 2. The molecule has 1 rings (SSSR count). The van der Waals surface area contributed by atoms with Gasteiger partial charge in [-0.25, -0.2) is 0 Å². The standard InChI is InChI=1S/C12H12O2/c1-2-11(13)8-9-12(14)10-6-4-3-5-7-10/h3-9H,2H2,1H3/b9-8+. The van der Waals surface area contributed by atoms with Gasteiger partial charge in [0, 0.05) is 12.0 Å². The van der Waals surface area contributed by atoms with Crippen LogP contribution < -0.4 is 0 Å². The molecular formula is C12H12O2. The Morgan fingerprint density at radius 1 is 1.14 bits per heavy atom. The normalized spacial score (nSPS) is 10.4. The fraction of sp³-hybridized carbons (Fsp3) is 0.167. The van der Waals surface area contributed by atoms with Gasteiger partial charge in [-0.05, 0) is 12.2 Å². The number of benzene rings is 1. The summed E-state index contributed by atoms with van der Waals surface area (Å²) >= 11 is 0. The molecule has 2 nitrogen and oxygen atoms in total. The molecule has 0 aliphatic heterocycles. The topological polar surface area (TPSA) is 34.1 Å². The maximum atomic E-state index is 11.4. The molecule has 0 atom stereocenters. The third-order valence-electron chi connectivity index (χ3n) is 1.83. The fourth-order valence-corrected chi connectivity index (χ4v) is 0.985. The van der Waals surface area contributed by atoms with Gasteiger partial charge in [-0.3, -0.25) is 9.59 Å². The van der Waals surface area contributed by atoms with Crippen LogP contribution in [-0.4, -0.2) is 11.6 Å². The minimum Gasteiger partial charge on any atom is -0.295 e. The van der Waals surface area contributed by atoms with E-state index in [4.69, 9.17) is 0 Å². The molecule has 0 unspecified atom stereocenters. The van der Waals surface area contributed by atoms with E-state index >= 15 is 0 Å². The van der Waals surface area contributed by atoms with Crippen LogP contribution in [0.3, 0.4) is 0 Å². The highest BCUT2D eigenvalue weighted by Crippen LogP contribution is 2.00. The molecule has 0 amide bonds. The van der Waals surface area contributed by atoms with Gasteiger partial charge in [-0.15, -0.1) is 0 Å². The van der Waals surface area contributed by atoms with Crippen LogP contribution in [-0.2, 0) is 4.79 Å². The molecule has 1 aromatic rings. The highest BCUT2D eigenvalue weighted by atomic mass is 16.1. The van der Waals surface area contributed by atoms with E-state index in [1.165, 1.54) is 12.2 Å². The molecule has 0 N–H and O–H groups in total. The minimum atomic E-state index is -0.132. The first kappa shape index (κ1) is 10.4. The average Bonchev–Trinajstić information content (AvgIpc) is 2.26. The molecule has 0 bridgehead atoms. The van der Waals surface area contributed by atoms with Gasteiger partial charge in [0.25, 0.3) is 0 Å². The van der Waals surface area contributed by atoms with Crippen molar-refractivity contribution in [1.82, 2.24) is 0 Å². The smallest absolute Gasteiger partial charge is 0.185 e. The predicted molar refractivity (Wildman–Crippen MR) is 55.2 cm³/mol. The summed E-state index contributed by atoms with van der Waals surface area (Å²) in [6.07, 6.45) is 3.08. The van der Waals surface area contributed by atoms with Crippen LogP contribution >= 0.6 is 0 Å². The zero-order valence-corrected chi connectivity index (χ0v) is 8.07. The molecule has 14 heavy (non-hydrogen) atoms. The van der Waals surface area contributed by atoms with E-state index in [9.17, 15) is 9.59 Å². The molecule has 0 aliphatic rings. The van der Waals surface area contributed by atoms with Gasteiger partial charge >= 0.3 is 0 Å². The van der Waals surface area contributed by atoms with E-state index in [1.54, 1.807) is 31.2 Å². The van der Waals surface area contributed by atoms with Crippen molar-refractivity contribution in [3.8, 4) is 0 Å². The van der Waals surface area contributed by atoms with Crippen molar-refractivity contribution in [3.05, 3.63) is 48.0 Å². The van der Waals surface area contributed by atoms with Crippen molar-refractivity contribution in [2.75, 3.05) is 0 Å². The summed E-state index contributed by atoms with van der Waals surface area (Å²) < 4.78 is 0. The van der Waals surface area contributed by atoms with Crippen LogP contribution in [0.5, 0.6) is 0 Å². The van der Waals surface area contributed by atoms with Gasteiger partial charge in [0.1, 0.15) is 0 Å². The number of carbonyl (C=O) groups excluding carboxylic acids is 2. The Morgan fingerprint density at radius 3 is 2.36 bits per heavy atom. The molecule has 72 valence electrons. The molecular weight excluding hydrogens is 176 g/mol. The van der Waals surface area contributed by atoms with Crippen molar-refractivity contribution in [1.29, 1.82) is 0 Å². The summed E-state index contributed by atoms with van der Waals surface area (Å²) in [7, 11) is 0. The largest absolute Gasteiger partial charge is 0.295 e. The molecule has 0 aromatic heterocycles. The van der Waals surface area contributed by atoms with Crippen molar-refractivity contribution in [2.45, 2.75) is 13.3 Å². The number of hydrogen-bond acceptors (Lipinski definition) is 2. The summed E-state index contributed by atoms with van der Waals surface area (Å²) in [6.45, 7) is 1.76. The maximum Gasteiger partial charge on any atom is 0.185 e. The van der Waals surface area contributed by atoms with Crippen molar-refractivity contribution < 1.29 is 9.59 Å². The minimum absolute atomic E-state index is 0.0331. The quantitative estimate of drug-likeness (QED) is 0.537. The second-order valence-electron chi connectivity index (χ2n) is 2.88. The highest BCUT2D eigenvalue weighted by Gasteiger charge is 1.99. The Labute approximate surface area is 83.3 Å². The van der Waals surface area contributed by atoms with Crippen LogP contribution in [0.4, 0.5) is 0 Å². The van der Waals surface area contributed by atoms with Gasteiger partial charge in [0.15, 0.2) is 11.6 Å². The Balaban J connectivity index is 2.69. The third kappa shape index (κ3) is 2.98. The molecule has 0 spiro atoms. The number of carbonyl (C=O) groups is 2. The van der Waals surface area contributed by atoms with Crippen molar-refractivity contribution in [2.24, 2.45) is 0 Å². The SMILES string of the molecule is CCC(=O)/C=C/C(=O)c1ccccc1. The zero-order chi connectivity index (χ0) is 10.4. The van der Waals surface area contributed by atoms with Crippen LogP contribution in [0.15, 0.2) is 42.5 Å². The molecule has 1 aromatic carbocycles. The Hall–Kier alpha value is -1.70.